The minimum absolute atomic E-state index is 0.476. The van der Waals surface area contributed by atoms with Crippen LogP contribution < -0.4 is 10.5 Å². The van der Waals surface area contributed by atoms with Crippen LogP contribution in [-0.2, 0) is 0 Å². The predicted octanol–water partition coefficient (Wildman–Crippen LogP) is 5.34. The molecule has 3 heteroatoms. The van der Waals surface area contributed by atoms with Gasteiger partial charge in [0.05, 0.1) is 4.47 Å². The van der Waals surface area contributed by atoms with E-state index < -0.39 is 0 Å². The average Bonchev–Trinajstić information content (AvgIpc) is 2.41. The summed E-state index contributed by atoms with van der Waals surface area (Å²) in [6.07, 6.45) is 1.09. The molecule has 2 aromatic rings. The van der Waals surface area contributed by atoms with E-state index in [1.165, 1.54) is 5.56 Å². The third kappa shape index (κ3) is 3.29. The molecule has 100 valence electrons. The summed E-state index contributed by atoms with van der Waals surface area (Å²) < 4.78 is 6.88. The topological polar surface area (TPSA) is 35.2 Å². The van der Waals surface area contributed by atoms with E-state index >= 15 is 0 Å². The van der Waals surface area contributed by atoms with Gasteiger partial charge in [-0.05, 0) is 58.1 Å². The number of halogens is 1. The van der Waals surface area contributed by atoms with Crippen molar-refractivity contribution in [3.05, 3.63) is 52.5 Å². The highest BCUT2D eigenvalue weighted by atomic mass is 79.9. The van der Waals surface area contributed by atoms with Crippen LogP contribution in [0.15, 0.2) is 46.9 Å². The molecule has 0 fully saturated rings. The zero-order valence-electron chi connectivity index (χ0n) is 11.2. The van der Waals surface area contributed by atoms with E-state index in [0.29, 0.717) is 5.92 Å². The fraction of sp³-hybridized carbons (Fsp3) is 0.250. The molecule has 0 spiro atoms. The van der Waals surface area contributed by atoms with Crippen LogP contribution >= 0.6 is 15.9 Å². The van der Waals surface area contributed by atoms with Gasteiger partial charge in [-0.25, -0.2) is 0 Å². The number of hydrogen-bond donors (Lipinski definition) is 1. The summed E-state index contributed by atoms with van der Waals surface area (Å²) >= 11 is 3.48. The Morgan fingerprint density at radius 2 is 1.89 bits per heavy atom. The molecule has 0 radical (unpaired) electrons. The van der Waals surface area contributed by atoms with E-state index in [2.05, 4.69) is 35.8 Å². The molecule has 2 rings (SSSR count). The molecule has 0 bridgehead atoms. The standard InChI is InChI=1S/C16H18BrNO/c1-3-11(2)13-6-4-5-7-15(13)19-16-9-8-12(18)10-14(16)17/h4-11H,3,18H2,1-2H3. The predicted molar refractivity (Wildman–Crippen MR) is 83.8 cm³/mol. The maximum Gasteiger partial charge on any atom is 0.141 e. The summed E-state index contributed by atoms with van der Waals surface area (Å²) in [6.45, 7) is 4.39. The monoisotopic (exact) mass is 319 g/mol. The first-order chi connectivity index (χ1) is 9.11. The van der Waals surface area contributed by atoms with Gasteiger partial charge in [0.25, 0.3) is 0 Å². The minimum Gasteiger partial charge on any atom is -0.456 e. The van der Waals surface area contributed by atoms with Crippen LogP contribution in [0.4, 0.5) is 5.69 Å². The van der Waals surface area contributed by atoms with E-state index in [1.807, 2.05) is 36.4 Å². The second kappa shape index (κ2) is 6.11. The maximum absolute atomic E-state index is 6.02. The lowest BCUT2D eigenvalue weighted by atomic mass is 9.98. The smallest absolute Gasteiger partial charge is 0.141 e. The van der Waals surface area contributed by atoms with Gasteiger partial charge in [0, 0.05) is 5.69 Å². The van der Waals surface area contributed by atoms with Gasteiger partial charge < -0.3 is 10.5 Å². The van der Waals surface area contributed by atoms with Gasteiger partial charge in [0.2, 0.25) is 0 Å². The van der Waals surface area contributed by atoms with Gasteiger partial charge in [-0.1, -0.05) is 32.0 Å². The van der Waals surface area contributed by atoms with Crippen molar-refractivity contribution in [2.24, 2.45) is 0 Å². The number of anilines is 1. The first-order valence-corrected chi connectivity index (χ1v) is 7.23. The molecule has 0 amide bonds. The number of benzene rings is 2. The second-order valence-electron chi connectivity index (χ2n) is 4.64. The Morgan fingerprint density at radius 3 is 2.58 bits per heavy atom. The third-order valence-corrected chi connectivity index (χ3v) is 3.86. The minimum atomic E-state index is 0.476. The van der Waals surface area contributed by atoms with Crippen LogP contribution in [0, 0.1) is 0 Å². The van der Waals surface area contributed by atoms with Crippen molar-refractivity contribution in [1.82, 2.24) is 0 Å². The number of rotatable bonds is 4. The first-order valence-electron chi connectivity index (χ1n) is 6.43. The molecule has 2 aromatic carbocycles. The summed E-state index contributed by atoms with van der Waals surface area (Å²) in [4.78, 5) is 0. The molecule has 0 heterocycles. The Bertz CT molecular complexity index is 568. The molecule has 2 N–H and O–H groups in total. The molecule has 2 nitrogen and oxygen atoms in total. The molecule has 0 aliphatic rings. The fourth-order valence-electron chi connectivity index (χ4n) is 1.92. The average molecular weight is 320 g/mol. The molecule has 1 atom stereocenters. The van der Waals surface area contributed by atoms with Crippen molar-refractivity contribution in [2.45, 2.75) is 26.2 Å². The summed E-state index contributed by atoms with van der Waals surface area (Å²) in [5.41, 5.74) is 7.68. The summed E-state index contributed by atoms with van der Waals surface area (Å²) in [7, 11) is 0. The largest absolute Gasteiger partial charge is 0.456 e. The van der Waals surface area contributed by atoms with Gasteiger partial charge in [0.15, 0.2) is 0 Å². The SMILES string of the molecule is CCC(C)c1ccccc1Oc1ccc(N)cc1Br. The quantitative estimate of drug-likeness (QED) is 0.772. The lowest BCUT2D eigenvalue weighted by Crippen LogP contribution is -1.96. The van der Waals surface area contributed by atoms with Gasteiger partial charge in [-0.15, -0.1) is 0 Å². The van der Waals surface area contributed by atoms with Gasteiger partial charge in [-0.3, -0.25) is 0 Å². The highest BCUT2D eigenvalue weighted by Gasteiger charge is 2.11. The summed E-state index contributed by atoms with van der Waals surface area (Å²) in [6, 6.07) is 13.7. The van der Waals surface area contributed by atoms with E-state index in [-0.39, 0.29) is 0 Å². The Hall–Kier alpha value is -1.48. The molecule has 19 heavy (non-hydrogen) atoms. The molecular formula is C16H18BrNO. The number of hydrogen-bond acceptors (Lipinski definition) is 2. The van der Waals surface area contributed by atoms with Crippen LogP contribution in [0.5, 0.6) is 11.5 Å². The second-order valence-corrected chi connectivity index (χ2v) is 5.49. The van der Waals surface area contributed by atoms with Crippen LogP contribution in [0.1, 0.15) is 31.7 Å². The van der Waals surface area contributed by atoms with Crippen molar-refractivity contribution < 1.29 is 4.74 Å². The Balaban J connectivity index is 2.33. The highest BCUT2D eigenvalue weighted by Crippen LogP contribution is 2.35. The van der Waals surface area contributed by atoms with E-state index in [9.17, 15) is 0 Å². The molecule has 0 saturated heterocycles. The van der Waals surface area contributed by atoms with Crippen molar-refractivity contribution in [2.75, 3.05) is 5.73 Å². The number of para-hydroxylation sites is 1. The molecule has 1 unspecified atom stereocenters. The molecular weight excluding hydrogens is 302 g/mol. The zero-order chi connectivity index (χ0) is 13.8. The number of nitrogen functional groups attached to an aromatic ring is 1. The maximum atomic E-state index is 6.02. The van der Waals surface area contributed by atoms with Crippen molar-refractivity contribution in [3.63, 3.8) is 0 Å². The van der Waals surface area contributed by atoms with Crippen molar-refractivity contribution in [1.29, 1.82) is 0 Å². The third-order valence-electron chi connectivity index (χ3n) is 3.24. The van der Waals surface area contributed by atoms with Crippen LogP contribution in [-0.4, -0.2) is 0 Å². The van der Waals surface area contributed by atoms with Crippen molar-refractivity contribution >= 4 is 21.6 Å². The number of nitrogens with two attached hydrogens (primary N) is 1. The first kappa shape index (κ1) is 13.9. The Kier molecular flexibility index (Phi) is 4.48. The van der Waals surface area contributed by atoms with Gasteiger partial charge in [-0.2, -0.15) is 0 Å². The Labute approximate surface area is 122 Å². The normalized spacial score (nSPS) is 12.2. The van der Waals surface area contributed by atoms with E-state index in [4.69, 9.17) is 10.5 Å². The van der Waals surface area contributed by atoms with Crippen molar-refractivity contribution in [3.8, 4) is 11.5 Å². The fourth-order valence-corrected chi connectivity index (χ4v) is 2.40. The lowest BCUT2D eigenvalue weighted by molar-refractivity contribution is 0.467. The lowest BCUT2D eigenvalue weighted by Gasteiger charge is -2.16. The summed E-state index contributed by atoms with van der Waals surface area (Å²) in [5, 5.41) is 0. The molecule has 0 aliphatic carbocycles. The summed E-state index contributed by atoms with van der Waals surface area (Å²) in [5.74, 6) is 2.16. The molecule has 0 aliphatic heterocycles. The number of ether oxygens (including phenoxy) is 1. The van der Waals surface area contributed by atoms with Crippen LogP contribution in [0.2, 0.25) is 0 Å². The molecule has 0 aromatic heterocycles. The van der Waals surface area contributed by atoms with E-state index in [0.717, 1.165) is 28.1 Å². The van der Waals surface area contributed by atoms with E-state index in [1.54, 1.807) is 0 Å². The molecule has 0 saturated carbocycles. The van der Waals surface area contributed by atoms with Gasteiger partial charge in [0.1, 0.15) is 11.5 Å². The Morgan fingerprint density at radius 1 is 1.16 bits per heavy atom. The van der Waals surface area contributed by atoms with Crippen LogP contribution in [0.25, 0.3) is 0 Å². The highest BCUT2D eigenvalue weighted by molar-refractivity contribution is 9.10. The zero-order valence-corrected chi connectivity index (χ0v) is 12.8. The van der Waals surface area contributed by atoms with Crippen LogP contribution in [0.3, 0.4) is 0 Å². The van der Waals surface area contributed by atoms with Gasteiger partial charge >= 0.3 is 0 Å².